The molecule has 0 unspecified atom stereocenters. The van der Waals surface area contributed by atoms with Gasteiger partial charge in [-0.1, -0.05) is 43.0 Å². The molecule has 1 saturated carbocycles. The van der Waals surface area contributed by atoms with Gasteiger partial charge in [-0.05, 0) is 41.7 Å². The monoisotopic (exact) mass is 366 g/mol. The van der Waals surface area contributed by atoms with Gasteiger partial charge < -0.3 is 9.88 Å². The highest BCUT2D eigenvalue weighted by molar-refractivity contribution is 6.10. The minimum atomic E-state index is -0.151. The van der Waals surface area contributed by atoms with Crippen LogP contribution in [0.3, 0.4) is 0 Å². The fraction of sp³-hybridized carbons (Fsp3) is 0.167. The molecule has 0 bridgehead atoms. The number of nitrogens with zero attached hydrogens (tertiary/aromatic N) is 1. The van der Waals surface area contributed by atoms with Gasteiger partial charge in [0, 0.05) is 40.2 Å². The van der Waals surface area contributed by atoms with Gasteiger partial charge in [-0.3, -0.25) is 9.59 Å². The SMILES string of the molecule is C=Cc1ccc2[nH]c(C(=O)N3C[C@H]4C[C@@]45C3=CC(=O)c3ccccc35)cc2c1. The summed E-state index contributed by atoms with van der Waals surface area (Å²) in [7, 11) is 0. The molecule has 6 rings (SSSR count). The summed E-state index contributed by atoms with van der Waals surface area (Å²) in [6, 6.07) is 15.7. The van der Waals surface area contributed by atoms with Gasteiger partial charge in [0.15, 0.2) is 5.78 Å². The van der Waals surface area contributed by atoms with Crippen LogP contribution in [0.2, 0.25) is 0 Å². The molecule has 1 saturated heterocycles. The minimum Gasteiger partial charge on any atom is -0.351 e. The van der Waals surface area contributed by atoms with Crippen molar-refractivity contribution in [1.29, 1.82) is 0 Å². The van der Waals surface area contributed by atoms with Crippen molar-refractivity contribution < 1.29 is 9.59 Å². The molecule has 3 aliphatic rings. The fourth-order valence-electron chi connectivity index (χ4n) is 5.12. The maximum absolute atomic E-state index is 13.3. The molecule has 1 spiro atoms. The summed E-state index contributed by atoms with van der Waals surface area (Å²) in [5, 5.41) is 0.985. The number of aromatic amines is 1. The molecule has 4 heteroatoms. The number of carbonyl (C=O) groups excluding carboxylic acids is 2. The Bertz CT molecular complexity index is 1250. The summed E-state index contributed by atoms with van der Waals surface area (Å²) in [5.74, 6) is 0.323. The average molecular weight is 366 g/mol. The highest BCUT2D eigenvalue weighted by Crippen LogP contribution is 2.66. The Labute approximate surface area is 162 Å². The highest BCUT2D eigenvalue weighted by Gasteiger charge is 2.67. The summed E-state index contributed by atoms with van der Waals surface area (Å²) in [6.45, 7) is 4.47. The molecule has 1 N–H and O–H groups in total. The van der Waals surface area contributed by atoms with Crippen molar-refractivity contribution >= 4 is 28.7 Å². The van der Waals surface area contributed by atoms with Crippen molar-refractivity contribution in [3.05, 3.63) is 89.3 Å². The number of allylic oxidation sites excluding steroid dienone is 2. The van der Waals surface area contributed by atoms with Crippen LogP contribution < -0.4 is 0 Å². The summed E-state index contributed by atoms with van der Waals surface area (Å²) >= 11 is 0. The molecule has 4 nitrogen and oxygen atoms in total. The largest absolute Gasteiger partial charge is 0.351 e. The molecule has 2 atom stereocenters. The van der Waals surface area contributed by atoms with E-state index in [2.05, 4.69) is 11.6 Å². The number of piperidine rings is 1. The van der Waals surface area contributed by atoms with Gasteiger partial charge in [0.2, 0.25) is 0 Å². The van der Waals surface area contributed by atoms with Crippen LogP contribution in [0.15, 0.2) is 66.9 Å². The Morgan fingerprint density at radius 1 is 1.21 bits per heavy atom. The first kappa shape index (κ1) is 15.6. The van der Waals surface area contributed by atoms with Crippen molar-refractivity contribution in [2.45, 2.75) is 11.8 Å². The number of hydrogen-bond donors (Lipinski definition) is 1. The van der Waals surface area contributed by atoms with Crippen LogP contribution in [-0.2, 0) is 5.41 Å². The number of benzene rings is 2. The van der Waals surface area contributed by atoms with Crippen LogP contribution in [0, 0.1) is 5.92 Å². The molecule has 28 heavy (non-hydrogen) atoms. The zero-order chi connectivity index (χ0) is 19.0. The number of nitrogens with one attached hydrogen (secondary N) is 1. The Balaban J connectivity index is 1.42. The molecule has 1 aliphatic heterocycles. The topological polar surface area (TPSA) is 53.2 Å². The van der Waals surface area contributed by atoms with Gasteiger partial charge in [-0.25, -0.2) is 0 Å². The number of ketones is 1. The van der Waals surface area contributed by atoms with E-state index in [4.69, 9.17) is 0 Å². The Morgan fingerprint density at radius 3 is 2.93 bits per heavy atom. The van der Waals surface area contributed by atoms with E-state index in [0.717, 1.165) is 39.7 Å². The van der Waals surface area contributed by atoms with E-state index in [1.54, 1.807) is 17.1 Å². The van der Waals surface area contributed by atoms with Crippen molar-refractivity contribution in [3.8, 4) is 0 Å². The molecule has 136 valence electrons. The first-order valence-electron chi connectivity index (χ1n) is 9.55. The van der Waals surface area contributed by atoms with E-state index in [1.807, 2.05) is 48.5 Å². The molecule has 0 radical (unpaired) electrons. The maximum Gasteiger partial charge on any atom is 0.274 e. The van der Waals surface area contributed by atoms with Crippen LogP contribution in [-0.4, -0.2) is 28.1 Å². The number of rotatable bonds is 2. The first-order valence-corrected chi connectivity index (χ1v) is 9.55. The molecule has 2 fully saturated rings. The fourth-order valence-corrected chi connectivity index (χ4v) is 5.12. The lowest BCUT2D eigenvalue weighted by molar-refractivity contribution is 0.0806. The number of aromatic nitrogens is 1. The van der Waals surface area contributed by atoms with Gasteiger partial charge in [-0.2, -0.15) is 0 Å². The lowest BCUT2D eigenvalue weighted by Crippen LogP contribution is -2.33. The van der Waals surface area contributed by atoms with Gasteiger partial charge in [-0.15, -0.1) is 0 Å². The van der Waals surface area contributed by atoms with Gasteiger partial charge in [0.25, 0.3) is 5.91 Å². The van der Waals surface area contributed by atoms with Crippen LogP contribution in [0.5, 0.6) is 0 Å². The average Bonchev–Trinajstić information content (AvgIpc) is 3.12. The zero-order valence-electron chi connectivity index (χ0n) is 15.2. The predicted octanol–water partition coefficient (Wildman–Crippen LogP) is 4.30. The molecule has 1 aromatic heterocycles. The van der Waals surface area contributed by atoms with Gasteiger partial charge in [0.1, 0.15) is 5.69 Å². The van der Waals surface area contributed by atoms with Gasteiger partial charge >= 0.3 is 0 Å². The number of carbonyl (C=O) groups is 2. The van der Waals surface area contributed by atoms with E-state index in [0.29, 0.717) is 18.2 Å². The van der Waals surface area contributed by atoms with Crippen LogP contribution in [0.1, 0.15) is 38.4 Å². The third-order valence-corrected chi connectivity index (χ3v) is 6.55. The number of fused-ring (bicyclic) bond motifs is 2. The van der Waals surface area contributed by atoms with Crippen LogP contribution in [0.25, 0.3) is 17.0 Å². The van der Waals surface area contributed by atoms with Crippen molar-refractivity contribution in [2.75, 3.05) is 6.54 Å². The second kappa shape index (κ2) is 5.10. The number of likely N-dealkylation sites (tertiary alicyclic amines) is 1. The Kier molecular flexibility index (Phi) is 2.85. The van der Waals surface area contributed by atoms with E-state index in [1.165, 1.54) is 0 Å². The molecule has 2 aliphatic carbocycles. The molecular formula is C24H18N2O2. The summed E-state index contributed by atoms with van der Waals surface area (Å²) in [5.41, 5.74) is 5.09. The maximum atomic E-state index is 13.3. The minimum absolute atomic E-state index is 0.00570. The number of amides is 1. The van der Waals surface area contributed by atoms with Crippen molar-refractivity contribution in [3.63, 3.8) is 0 Å². The molecule has 2 heterocycles. The molecule has 2 aromatic carbocycles. The lowest BCUT2D eigenvalue weighted by atomic mass is 9.81. The zero-order valence-corrected chi connectivity index (χ0v) is 15.2. The van der Waals surface area contributed by atoms with Gasteiger partial charge in [0.05, 0.1) is 0 Å². The number of H-pyrrole nitrogens is 1. The van der Waals surface area contributed by atoms with Crippen molar-refractivity contribution in [1.82, 2.24) is 9.88 Å². The van der Waals surface area contributed by atoms with E-state index >= 15 is 0 Å². The molecule has 1 amide bonds. The smallest absolute Gasteiger partial charge is 0.274 e. The van der Waals surface area contributed by atoms with E-state index < -0.39 is 0 Å². The summed E-state index contributed by atoms with van der Waals surface area (Å²) < 4.78 is 0. The lowest BCUT2D eigenvalue weighted by Gasteiger charge is -2.29. The van der Waals surface area contributed by atoms with E-state index in [9.17, 15) is 9.59 Å². The molecule has 3 aromatic rings. The quantitative estimate of drug-likeness (QED) is 0.735. The summed E-state index contributed by atoms with van der Waals surface area (Å²) in [6.07, 6.45) is 4.50. The first-order chi connectivity index (χ1) is 13.6. The Morgan fingerprint density at radius 2 is 2.07 bits per heavy atom. The molecular weight excluding hydrogens is 348 g/mol. The number of hydrogen-bond acceptors (Lipinski definition) is 2. The van der Waals surface area contributed by atoms with E-state index in [-0.39, 0.29) is 17.1 Å². The Hall–Kier alpha value is -3.40. The summed E-state index contributed by atoms with van der Waals surface area (Å²) in [4.78, 5) is 31.0. The predicted molar refractivity (Wildman–Crippen MR) is 108 cm³/mol. The second-order valence-electron chi connectivity index (χ2n) is 7.96. The van der Waals surface area contributed by atoms with Crippen molar-refractivity contribution in [2.24, 2.45) is 5.92 Å². The standard InChI is InChI=1S/C24H18N2O2/c1-2-14-7-8-19-15(9-14)10-20(25-19)23(28)26-13-16-12-24(16)18-6-4-3-5-17(18)21(27)11-22(24)26/h2-11,16,25H,1,12-13H2/t16-,24-/m1/s1. The van der Waals surface area contributed by atoms with Crippen LogP contribution in [0.4, 0.5) is 0 Å². The highest BCUT2D eigenvalue weighted by atomic mass is 16.2. The third-order valence-electron chi connectivity index (χ3n) is 6.55. The second-order valence-corrected chi connectivity index (χ2v) is 7.96. The van der Waals surface area contributed by atoms with Crippen LogP contribution >= 0.6 is 0 Å². The normalized spacial score (nSPS) is 24.4. The third kappa shape index (κ3) is 1.84.